The zero-order chi connectivity index (χ0) is 17.2. The lowest BCUT2D eigenvalue weighted by Crippen LogP contribution is -2.57. The van der Waals surface area contributed by atoms with E-state index in [4.69, 9.17) is 0 Å². The Morgan fingerprint density at radius 1 is 1.26 bits per heavy atom. The maximum absolute atomic E-state index is 14.7. The molecule has 0 bridgehead atoms. The number of hydrogen-bond acceptors (Lipinski definition) is 3. The second-order valence-electron chi connectivity index (χ2n) is 6.43. The molecule has 4 atom stereocenters. The molecule has 8 heteroatoms. The van der Waals surface area contributed by atoms with Crippen LogP contribution in [-0.4, -0.2) is 53.7 Å². The van der Waals surface area contributed by atoms with Crippen LogP contribution in [-0.2, 0) is 9.59 Å². The number of likely N-dealkylation sites (tertiary alicyclic amines) is 1. The van der Waals surface area contributed by atoms with E-state index in [2.05, 4.69) is 0 Å². The molecule has 131 valence electrons. The Morgan fingerprint density at radius 3 is 2.35 bits per heavy atom. The monoisotopic (exact) mass is 337 g/mol. The van der Waals surface area contributed by atoms with Crippen LogP contribution in [0.2, 0.25) is 0 Å². The Morgan fingerprint density at radius 2 is 1.87 bits per heavy atom. The van der Waals surface area contributed by atoms with Crippen molar-refractivity contribution in [3.63, 3.8) is 0 Å². The fourth-order valence-corrected chi connectivity index (χ4v) is 3.51. The second kappa shape index (κ2) is 7.15. The average molecular weight is 337 g/mol. The molecule has 2 fully saturated rings. The molecule has 2 aliphatic rings. The topological polar surface area (TPSA) is 40.6 Å². The van der Waals surface area contributed by atoms with Crippen molar-refractivity contribution in [1.29, 1.82) is 0 Å². The molecular formula is C15H21F4N2O2. The number of rotatable bonds is 4. The van der Waals surface area contributed by atoms with Crippen LogP contribution in [0, 0.1) is 11.8 Å². The van der Waals surface area contributed by atoms with Crippen molar-refractivity contribution < 1.29 is 27.2 Å². The molecule has 1 saturated carbocycles. The van der Waals surface area contributed by atoms with Crippen molar-refractivity contribution in [2.24, 2.45) is 11.8 Å². The molecule has 1 heterocycles. The third-order valence-corrected chi connectivity index (χ3v) is 4.83. The number of carbonyl (C=O) groups is 1. The molecule has 1 radical (unpaired) electrons. The van der Waals surface area contributed by atoms with Crippen LogP contribution in [0.3, 0.4) is 0 Å². The van der Waals surface area contributed by atoms with Gasteiger partial charge in [-0.15, -0.1) is 0 Å². The summed E-state index contributed by atoms with van der Waals surface area (Å²) in [4.78, 5) is 24.2. The average Bonchev–Trinajstić information content (AvgIpc) is 3.00. The lowest BCUT2D eigenvalue weighted by atomic mass is 9.78. The Hall–Kier alpha value is -1.18. The zero-order valence-corrected chi connectivity index (χ0v) is 13.0. The predicted octanol–water partition coefficient (Wildman–Crippen LogP) is 2.64. The standard InChI is InChI=1S/C15H21F4N2O2/c1-10-8-12(5-4-11(10)9-22)21(13(23)15(17,18)19)14(16)20-6-2-3-7-20/h10-12,14H,2-8H2,1H3/t10-,11-,12-,14?/m0/s1. The SMILES string of the molecule is C[C@H]1C[C@@H](N(C(=O)C(F)(F)F)C(F)N2CCCC2)CC[C@H]1[C]=O. The first-order valence-corrected chi connectivity index (χ1v) is 7.91. The quantitative estimate of drug-likeness (QED) is 0.585. The lowest BCUT2D eigenvalue weighted by molar-refractivity contribution is -0.203. The van der Waals surface area contributed by atoms with E-state index >= 15 is 0 Å². The van der Waals surface area contributed by atoms with Crippen LogP contribution in [0.5, 0.6) is 0 Å². The Kier molecular flexibility index (Phi) is 5.65. The maximum Gasteiger partial charge on any atom is 0.471 e. The summed E-state index contributed by atoms with van der Waals surface area (Å²) in [5, 5.41) is 0. The summed E-state index contributed by atoms with van der Waals surface area (Å²) in [5.74, 6) is -2.72. The van der Waals surface area contributed by atoms with Gasteiger partial charge < -0.3 is 0 Å². The predicted molar refractivity (Wildman–Crippen MR) is 74.6 cm³/mol. The van der Waals surface area contributed by atoms with E-state index in [0.29, 0.717) is 37.3 Å². The summed E-state index contributed by atoms with van der Waals surface area (Å²) in [5.41, 5.74) is 0. The Bertz CT molecular complexity index is 438. The fraction of sp³-hybridized carbons (Fsp3) is 0.867. The van der Waals surface area contributed by atoms with Crippen molar-refractivity contribution in [3.05, 3.63) is 0 Å². The van der Waals surface area contributed by atoms with Gasteiger partial charge in [0.25, 0.3) is 0 Å². The van der Waals surface area contributed by atoms with Gasteiger partial charge in [0.1, 0.15) is 0 Å². The molecule has 1 unspecified atom stereocenters. The molecular weight excluding hydrogens is 316 g/mol. The van der Waals surface area contributed by atoms with Crippen molar-refractivity contribution in [3.8, 4) is 0 Å². The van der Waals surface area contributed by atoms with Crippen LogP contribution < -0.4 is 0 Å². The number of hydrogen-bond donors (Lipinski definition) is 0. The number of carbonyl (C=O) groups excluding carboxylic acids is 2. The largest absolute Gasteiger partial charge is 0.471 e. The first-order chi connectivity index (χ1) is 10.8. The number of halogens is 4. The summed E-state index contributed by atoms with van der Waals surface area (Å²) in [7, 11) is 0. The van der Waals surface area contributed by atoms with Crippen molar-refractivity contribution in [2.75, 3.05) is 13.1 Å². The van der Waals surface area contributed by atoms with E-state index in [1.54, 1.807) is 6.92 Å². The third-order valence-electron chi connectivity index (χ3n) is 4.83. The van der Waals surface area contributed by atoms with Gasteiger partial charge in [-0.3, -0.25) is 19.4 Å². The van der Waals surface area contributed by atoms with Crippen LogP contribution in [0.15, 0.2) is 0 Å². The molecule has 0 N–H and O–H groups in total. The van der Waals surface area contributed by atoms with Gasteiger partial charge >= 0.3 is 12.1 Å². The minimum atomic E-state index is -5.11. The molecule has 23 heavy (non-hydrogen) atoms. The first-order valence-electron chi connectivity index (χ1n) is 7.91. The highest BCUT2D eigenvalue weighted by Gasteiger charge is 2.49. The van der Waals surface area contributed by atoms with Gasteiger partial charge in [0.05, 0.1) is 0 Å². The Labute approximate surface area is 132 Å². The summed E-state index contributed by atoms with van der Waals surface area (Å²) >= 11 is 0. The number of nitrogens with zero attached hydrogens (tertiary/aromatic N) is 2. The van der Waals surface area contributed by atoms with Gasteiger partial charge in [-0.05, 0) is 38.0 Å². The molecule has 0 aromatic heterocycles. The van der Waals surface area contributed by atoms with Gasteiger partial charge in [-0.25, -0.2) is 4.39 Å². The number of amides is 1. The maximum atomic E-state index is 14.7. The first kappa shape index (κ1) is 18.2. The molecule has 2 rings (SSSR count). The summed E-state index contributed by atoms with van der Waals surface area (Å²) in [6.07, 6.45) is -3.21. The summed E-state index contributed by atoms with van der Waals surface area (Å²) in [6, 6.07) is -0.848. The van der Waals surface area contributed by atoms with Crippen LogP contribution in [0.1, 0.15) is 39.0 Å². The van der Waals surface area contributed by atoms with E-state index < -0.39 is 24.5 Å². The zero-order valence-electron chi connectivity index (χ0n) is 13.0. The molecule has 1 amide bonds. The fourth-order valence-electron chi connectivity index (χ4n) is 3.51. The van der Waals surface area contributed by atoms with Crippen molar-refractivity contribution in [2.45, 2.75) is 57.7 Å². The molecule has 1 aliphatic heterocycles. The van der Waals surface area contributed by atoms with E-state index in [-0.39, 0.29) is 24.7 Å². The molecule has 1 aliphatic carbocycles. The second-order valence-corrected chi connectivity index (χ2v) is 6.43. The van der Waals surface area contributed by atoms with Crippen LogP contribution in [0.4, 0.5) is 17.6 Å². The lowest BCUT2D eigenvalue weighted by Gasteiger charge is -2.42. The molecule has 1 saturated heterocycles. The van der Waals surface area contributed by atoms with Crippen LogP contribution >= 0.6 is 0 Å². The normalized spacial score (nSPS) is 30.9. The van der Waals surface area contributed by atoms with E-state index in [1.165, 1.54) is 4.90 Å². The highest BCUT2D eigenvalue weighted by molar-refractivity contribution is 5.82. The minimum Gasteiger partial charge on any atom is -0.291 e. The molecule has 4 nitrogen and oxygen atoms in total. The van der Waals surface area contributed by atoms with Crippen molar-refractivity contribution in [1.82, 2.24) is 9.80 Å². The molecule has 0 spiro atoms. The molecule has 0 aromatic rings. The summed E-state index contributed by atoms with van der Waals surface area (Å²) in [6.45, 7) is 2.41. The van der Waals surface area contributed by atoms with Gasteiger partial charge in [-0.2, -0.15) is 13.2 Å². The van der Waals surface area contributed by atoms with E-state index in [0.717, 1.165) is 0 Å². The minimum absolute atomic E-state index is 0.177. The Balaban J connectivity index is 2.19. The van der Waals surface area contributed by atoms with E-state index in [1.807, 2.05) is 6.29 Å². The highest BCUT2D eigenvalue weighted by Crippen LogP contribution is 2.35. The number of alkyl halides is 4. The highest BCUT2D eigenvalue weighted by atomic mass is 19.4. The summed E-state index contributed by atoms with van der Waals surface area (Å²) < 4.78 is 53.4. The van der Waals surface area contributed by atoms with Gasteiger partial charge in [0.15, 0.2) is 0 Å². The van der Waals surface area contributed by atoms with Crippen molar-refractivity contribution >= 4 is 12.2 Å². The van der Waals surface area contributed by atoms with Gasteiger partial charge in [0.2, 0.25) is 12.7 Å². The van der Waals surface area contributed by atoms with Crippen LogP contribution in [0.25, 0.3) is 0 Å². The third kappa shape index (κ3) is 4.02. The smallest absolute Gasteiger partial charge is 0.291 e. The van der Waals surface area contributed by atoms with E-state index in [9.17, 15) is 27.2 Å². The van der Waals surface area contributed by atoms with Gasteiger partial charge in [0, 0.05) is 25.0 Å². The van der Waals surface area contributed by atoms with Gasteiger partial charge in [-0.1, -0.05) is 6.92 Å². The molecule has 0 aromatic carbocycles.